The van der Waals surface area contributed by atoms with Gasteiger partial charge in [0.2, 0.25) is 0 Å². The van der Waals surface area contributed by atoms with Crippen molar-refractivity contribution in [2.45, 2.75) is 45.8 Å². The maximum absolute atomic E-state index is 10.9. The fraction of sp³-hybridized carbons (Fsp3) is 0.600. The van der Waals surface area contributed by atoms with Crippen molar-refractivity contribution < 1.29 is 22.1 Å². The third-order valence-electron chi connectivity index (χ3n) is 2.87. The summed E-state index contributed by atoms with van der Waals surface area (Å²) >= 11 is 0. The third-order valence-corrected chi connectivity index (χ3v) is 3.55. The lowest BCUT2D eigenvalue weighted by Gasteiger charge is -2.14. The van der Waals surface area contributed by atoms with Crippen molar-refractivity contribution in [3.05, 3.63) is 24.3 Å². The highest BCUT2D eigenvalue weighted by Gasteiger charge is 2.10. The Morgan fingerprint density at radius 2 is 1.62 bits per heavy atom. The van der Waals surface area contributed by atoms with E-state index in [0.29, 0.717) is 13.0 Å². The van der Waals surface area contributed by atoms with E-state index in [-0.39, 0.29) is 6.10 Å². The summed E-state index contributed by atoms with van der Waals surface area (Å²) in [5.41, 5.74) is 0. The lowest BCUT2D eigenvalue weighted by molar-refractivity contribution is 0.184. The van der Waals surface area contributed by atoms with Gasteiger partial charge in [-0.05, 0) is 44.5 Å². The summed E-state index contributed by atoms with van der Waals surface area (Å²) < 4.78 is 37.9. The third kappa shape index (κ3) is 7.92. The topological polar surface area (TPSA) is 61.8 Å². The molecule has 5 nitrogen and oxygen atoms in total. The minimum Gasteiger partial charge on any atom is -0.493 e. The molecule has 0 spiro atoms. The number of hydrogen-bond donors (Lipinski definition) is 0. The van der Waals surface area contributed by atoms with Gasteiger partial charge in [0.25, 0.3) is 10.1 Å². The van der Waals surface area contributed by atoms with Crippen LogP contribution in [-0.4, -0.2) is 33.5 Å². The Hall–Kier alpha value is -1.27. The van der Waals surface area contributed by atoms with Crippen LogP contribution in [-0.2, 0) is 14.3 Å². The van der Waals surface area contributed by atoms with Gasteiger partial charge in [-0.3, -0.25) is 4.18 Å². The molecule has 0 amide bonds. The second-order valence-electron chi connectivity index (χ2n) is 5.06. The molecule has 1 rings (SSSR count). The molecule has 0 saturated heterocycles. The Kier molecular flexibility index (Phi) is 6.98. The van der Waals surface area contributed by atoms with Gasteiger partial charge >= 0.3 is 0 Å². The normalized spacial score (nSPS) is 14.5. The smallest absolute Gasteiger partial charge is 0.264 e. The number of rotatable bonds is 9. The van der Waals surface area contributed by atoms with E-state index >= 15 is 0 Å². The second-order valence-corrected chi connectivity index (χ2v) is 6.66. The highest BCUT2D eigenvalue weighted by atomic mass is 32.2. The van der Waals surface area contributed by atoms with Crippen molar-refractivity contribution in [3.8, 4) is 11.5 Å². The van der Waals surface area contributed by atoms with E-state index in [1.807, 2.05) is 31.2 Å². The average molecular weight is 316 g/mol. The fourth-order valence-corrected chi connectivity index (χ4v) is 2.31. The van der Waals surface area contributed by atoms with Crippen molar-refractivity contribution >= 4 is 10.1 Å². The molecular formula is C15H24O5S. The molecule has 120 valence electrons. The van der Waals surface area contributed by atoms with Gasteiger partial charge in [-0.25, -0.2) is 0 Å². The van der Waals surface area contributed by atoms with Crippen molar-refractivity contribution in [3.63, 3.8) is 0 Å². The summed E-state index contributed by atoms with van der Waals surface area (Å²) in [6, 6.07) is 7.38. The molecule has 0 aliphatic rings. The fourth-order valence-electron chi connectivity index (χ4n) is 1.62. The quantitative estimate of drug-likeness (QED) is 0.655. The van der Waals surface area contributed by atoms with E-state index in [2.05, 4.69) is 6.92 Å². The molecule has 0 saturated carbocycles. The zero-order chi connectivity index (χ0) is 15.9. The van der Waals surface area contributed by atoms with Gasteiger partial charge in [0, 0.05) is 6.42 Å². The first-order valence-electron chi connectivity index (χ1n) is 7.08. The van der Waals surface area contributed by atoms with Crippen LogP contribution in [0.15, 0.2) is 24.3 Å². The summed E-state index contributed by atoms with van der Waals surface area (Å²) in [5, 5.41) is 0. The molecule has 0 bridgehead atoms. The molecule has 0 heterocycles. The van der Waals surface area contributed by atoms with Gasteiger partial charge in [0.05, 0.1) is 25.1 Å². The molecule has 2 unspecified atom stereocenters. The van der Waals surface area contributed by atoms with Crippen molar-refractivity contribution in [2.75, 3.05) is 12.9 Å². The van der Waals surface area contributed by atoms with E-state index in [9.17, 15) is 8.42 Å². The first-order chi connectivity index (χ1) is 9.80. The van der Waals surface area contributed by atoms with Crippen LogP contribution in [0, 0.1) is 0 Å². The largest absolute Gasteiger partial charge is 0.493 e. The first kappa shape index (κ1) is 17.8. The van der Waals surface area contributed by atoms with Gasteiger partial charge in [-0.15, -0.1) is 0 Å². The zero-order valence-electron chi connectivity index (χ0n) is 13.0. The minimum absolute atomic E-state index is 0.186. The van der Waals surface area contributed by atoms with Crippen molar-refractivity contribution in [1.82, 2.24) is 0 Å². The van der Waals surface area contributed by atoms with Crippen molar-refractivity contribution in [1.29, 1.82) is 0 Å². The Morgan fingerprint density at radius 3 is 2.14 bits per heavy atom. The van der Waals surface area contributed by atoms with Crippen LogP contribution in [0.3, 0.4) is 0 Å². The van der Waals surface area contributed by atoms with E-state index in [4.69, 9.17) is 13.7 Å². The molecule has 0 N–H and O–H groups in total. The molecule has 21 heavy (non-hydrogen) atoms. The molecule has 0 aliphatic carbocycles. The van der Waals surface area contributed by atoms with Gasteiger partial charge in [0.1, 0.15) is 11.5 Å². The molecule has 0 aliphatic heterocycles. The zero-order valence-corrected chi connectivity index (χ0v) is 13.9. The number of benzene rings is 1. The first-order valence-corrected chi connectivity index (χ1v) is 8.89. The highest BCUT2D eigenvalue weighted by molar-refractivity contribution is 7.86. The van der Waals surface area contributed by atoms with Crippen LogP contribution in [0.5, 0.6) is 11.5 Å². The highest BCUT2D eigenvalue weighted by Crippen LogP contribution is 2.19. The Labute approximate surface area is 127 Å². The summed E-state index contributed by atoms with van der Waals surface area (Å²) in [6.07, 6.45) is 2.29. The molecule has 6 heteroatoms. The Morgan fingerprint density at radius 1 is 1.05 bits per heavy atom. The van der Waals surface area contributed by atoms with E-state index in [0.717, 1.165) is 24.2 Å². The van der Waals surface area contributed by atoms with E-state index in [1.54, 1.807) is 6.92 Å². The molecule has 1 aromatic rings. The van der Waals surface area contributed by atoms with E-state index < -0.39 is 16.2 Å². The maximum Gasteiger partial charge on any atom is 0.264 e. The predicted octanol–water partition coefficient (Wildman–Crippen LogP) is 3.00. The average Bonchev–Trinajstić information content (AvgIpc) is 2.38. The van der Waals surface area contributed by atoms with Gasteiger partial charge in [0.15, 0.2) is 0 Å². The van der Waals surface area contributed by atoms with Gasteiger partial charge in [-0.1, -0.05) is 6.92 Å². The van der Waals surface area contributed by atoms with Crippen LogP contribution >= 0.6 is 0 Å². The SMILES string of the molecule is CCC(C)Oc1ccc(OCCC(C)OS(C)(=O)=O)cc1. The second kappa shape index (κ2) is 8.24. The standard InChI is InChI=1S/C15H24O5S/c1-5-12(2)19-15-8-6-14(7-9-15)18-11-10-13(3)20-21(4,16)17/h6-9,12-13H,5,10-11H2,1-4H3. The monoisotopic (exact) mass is 316 g/mol. The lowest BCUT2D eigenvalue weighted by Crippen LogP contribution is -2.16. The van der Waals surface area contributed by atoms with Crippen LogP contribution in [0.1, 0.15) is 33.6 Å². The van der Waals surface area contributed by atoms with Gasteiger partial charge < -0.3 is 9.47 Å². The summed E-state index contributed by atoms with van der Waals surface area (Å²) in [4.78, 5) is 0. The minimum atomic E-state index is -3.41. The molecule has 1 aromatic carbocycles. The Balaban J connectivity index is 2.36. The van der Waals surface area contributed by atoms with E-state index in [1.165, 1.54) is 0 Å². The molecule has 0 radical (unpaired) electrons. The predicted molar refractivity (Wildman–Crippen MR) is 82.3 cm³/mol. The van der Waals surface area contributed by atoms with Crippen LogP contribution in [0.25, 0.3) is 0 Å². The number of hydrogen-bond acceptors (Lipinski definition) is 5. The van der Waals surface area contributed by atoms with Crippen LogP contribution in [0.2, 0.25) is 0 Å². The summed E-state index contributed by atoms with van der Waals surface area (Å²) in [6.45, 7) is 6.19. The lowest BCUT2D eigenvalue weighted by atomic mass is 10.3. The summed E-state index contributed by atoms with van der Waals surface area (Å²) in [7, 11) is -3.41. The summed E-state index contributed by atoms with van der Waals surface area (Å²) in [5.74, 6) is 1.53. The molecule has 2 atom stereocenters. The van der Waals surface area contributed by atoms with Crippen molar-refractivity contribution in [2.24, 2.45) is 0 Å². The Bertz CT molecular complexity index is 509. The maximum atomic E-state index is 10.9. The van der Waals surface area contributed by atoms with Crippen LogP contribution in [0.4, 0.5) is 0 Å². The van der Waals surface area contributed by atoms with Gasteiger partial charge in [-0.2, -0.15) is 8.42 Å². The van der Waals surface area contributed by atoms with Crippen LogP contribution < -0.4 is 9.47 Å². The molecular weight excluding hydrogens is 292 g/mol. The molecule has 0 aromatic heterocycles. The number of ether oxygens (including phenoxy) is 2. The molecule has 0 fully saturated rings.